The molecule has 1 aromatic rings. The highest BCUT2D eigenvalue weighted by Crippen LogP contribution is 2.40. The number of likely N-dealkylation sites (tertiary alicyclic amines) is 1. The first-order chi connectivity index (χ1) is 13.6. The number of aliphatic hydroxyl groups is 1. The molecule has 0 spiro atoms. The van der Waals surface area contributed by atoms with Crippen LogP contribution in [-0.4, -0.2) is 57.9 Å². The molecule has 0 saturated carbocycles. The zero-order chi connectivity index (χ0) is 21.7. The van der Waals surface area contributed by atoms with Crippen LogP contribution in [0, 0.1) is 5.41 Å². The third-order valence-electron chi connectivity index (χ3n) is 5.66. The van der Waals surface area contributed by atoms with Crippen molar-refractivity contribution in [3.8, 4) is 0 Å². The summed E-state index contributed by atoms with van der Waals surface area (Å²) in [5.74, 6) is 0.192. The molecule has 2 heterocycles. The van der Waals surface area contributed by atoms with E-state index in [9.17, 15) is 18.3 Å². The summed E-state index contributed by atoms with van der Waals surface area (Å²) in [5.41, 5.74) is -2.85. The number of aryl methyl sites for hydroxylation is 1. The molecule has 166 valence electrons. The minimum Gasteiger partial charge on any atom is -0.374 e. The number of aliphatic imine (C=N–C) groups is 1. The Labute approximate surface area is 171 Å². The third-order valence-corrected chi connectivity index (χ3v) is 5.66. The molecule has 0 aliphatic carbocycles. The van der Waals surface area contributed by atoms with Crippen LogP contribution < -0.4 is 5.32 Å². The molecule has 1 fully saturated rings. The van der Waals surface area contributed by atoms with Gasteiger partial charge in [0, 0.05) is 52.0 Å². The van der Waals surface area contributed by atoms with Gasteiger partial charge in [-0.05, 0) is 31.6 Å². The van der Waals surface area contributed by atoms with Crippen LogP contribution in [0.2, 0.25) is 0 Å². The fraction of sp³-hybridized carbons (Fsp3) is 0.800. The molecule has 6 nitrogen and oxygen atoms in total. The number of guanidine groups is 1. The number of hydrogen-bond donors (Lipinski definition) is 2. The van der Waals surface area contributed by atoms with Crippen molar-refractivity contribution in [2.75, 3.05) is 26.2 Å². The second kappa shape index (κ2) is 9.36. The van der Waals surface area contributed by atoms with Crippen LogP contribution in [0.1, 0.15) is 58.7 Å². The molecule has 1 aromatic heterocycles. The van der Waals surface area contributed by atoms with E-state index in [4.69, 9.17) is 0 Å². The van der Waals surface area contributed by atoms with Crippen molar-refractivity contribution < 1.29 is 18.3 Å². The summed E-state index contributed by atoms with van der Waals surface area (Å²) in [6.07, 6.45) is 1.59. The molecule has 2 unspecified atom stereocenters. The normalized spacial score (nSPS) is 23.2. The number of imidazole rings is 1. The molecule has 0 aromatic carbocycles. The minimum absolute atomic E-state index is 0.161. The molecule has 2 rings (SSSR count). The quantitative estimate of drug-likeness (QED) is 0.527. The fourth-order valence-corrected chi connectivity index (χ4v) is 4.20. The Bertz CT molecular complexity index is 686. The van der Waals surface area contributed by atoms with Crippen molar-refractivity contribution in [3.05, 3.63) is 18.2 Å². The van der Waals surface area contributed by atoms with Crippen LogP contribution in [-0.2, 0) is 12.6 Å². The number of rotatable bonds is 7. The van der Waals surface area contributed by atoms with Crippen molar-refractivity contribution in [1.29, 1.82) is 0 Å². The smallest absolute Gasteiger partial charge is 0.374 e. The fourth-order valence-electron chi connectivity index (χ4n) is 4.20. The molecular weight excluding hydrogens is 383 g/mol. The monoisotopic (exact) mass is 417 g/mol. The van der Waals surface area contributed by atoms with E-state index in [-0.39, 0.29) is 12.0 Å². The van der Waals surface area contributed by atoms with E-state index in [1.807, 2.05) is 6.92 Å². The van der Waals surface area contributed by atoms with Gasteiger partial charge in [-0.1, -0.05) is 20.3 Å². The van der Waals surface area contributed by atoms with E-state index in [0.717, 1.165) is 38.8 Å². The standard InChI is InChI=1S/C20H34F3N5O/c1-5-8-18(3)9-7-13-28(15-18)17(24-6-2)26-11-10-19(29,20(21,22)23)16-25-12-14-27(16)4/h12,14,29H,5-11,13,15H2,1-4H3,(H,24,26). The first-order valence-corrected chi connectivity index (χ1v) is 10.4. The predicted molar refractivity (Wildman–Crippen MR) is 108 cm³/mol. The summed E-state index contributed by atoms with van der Waals surface area (Å²) in [4.78, 5) is 10.3. The van der Waals surface area contributed by atoms with Gasteiger partial charge in [0.15, 0.2) is 5.96 Å². The van der Waals surface area contributed by atoms with Crippen molar-refractivity contribution in [2.24, 2.45) is 17.5 Å². The largest absolute Gasteiger partial charge is 0.424 e. The Balaban J connectivity index is 2.18. The van der Waals surface area contributed by atoms with Gasteiger partial charge in [0.25, 0.3) is 0 Å². The molecule has 1 saturated heterocycles. The lowest BCUT2D eigenvalue weighted by Crippen LogP contribution is -2.50. The number of nitrogens with zero attached hydrogens (tertiary/aromatic N) is 4. The molecule has 0 radical (unpaired) electrons. The second-order valence-corrected chi connectivity index (χ2v) is 8.29. The highest BCUT2D eigenvalue weighted by Gasteiger charge is 2.57. The molecule has 1 aliphatic rings. The number of alkyl halides is 3. The average molecular weight is 418 g/mol. The van der Waals surface area contributed by atoms with E-state index in [2.05, 4.69) is 34.0 Å². The SMILES string of the molecule is CCCC1(C)CCCN(C(=NCCC(O)(c2nccn2C)C(F)(F)F)NCC)C1. The Morgan fingerprint density at radius 2 is 2.10 bits per heavy atom. The maximum absolute atomic E-state index is 13.7. The van der Waals surface area contributed by atoms with E-state index < -0.39 is 24.0 Å². The maximum atomic E-state index is 13.7. The zero-order valence-electron chi connectivity index (χ0n) is 17.9. The summed E-state index contributed by atoms with van der Waals surface area (Å²) >= 11 is 0. The van der Waals surface area contributed by atoms with Gasteiger partial charge < -0.3 is 19.9 Å². The summed E-state index contributed by atoms with van der Waals surface area (Å²) in [6, 6.07) is 0. The van der Waals surface area contributed by atoms with Crippen LogP contribution in [0.3, 0.4) is 0 Å². The van der Waals surface area contributed by atoms with Crippen LogP contribution in [0.5, 0.6) is 0 Å². The lowest BCUT2D eigenvalue weighted by atomic mass is 9.78. The molecular formula is C20H34F3N5O. The van der Waals surface area contributed by atoms with Crippen LogP contribution >= 0.6 is 0 Å². The Morgan fingerprint density at radius 3 is 2.66 bits per heavy atom. The van der Waals surface area contributed by atoms with Crippen molar-refractivity contribution in [1.82, 2.24) is 19.8 Å². The van der Waals surface area contributed by atoms with Gasteiger partial charge in [-0.25, -0.2) is 4.98 Å². The van der Waals surface area contributed by atoms with Gasteiger partial charge in [-0.2, -0.15) is 13.2 Å². The number of aromatic nitrogens is 2. The van der Waals surface area contributed by atoms with Crippen LogP contribution in [0.15, 0.2) is 17.4 Å². The Hall–Kier alpha value is -1.77. The van der Waals surface area contributed by atoms with E-state index >= 15 is 0 Å². The van der Waals surface area contributed by atoms with Gasteiger partial charge in [0.2, 0.25) is 5.60 Å². The molecule has 0 amide bonds. The van der Waals surface area contributed by atoms with Gasteiger partial charge in [0.05, 0.1) is 0 Å². The van der Waals surface area contributed by atoms with Gasteiger partial charge in [-0.15, -0.1) is 0 Å². The zero-order valence-corrected chi connectivity index (χ0v) is 17.9. The van der Waals surface area contributed by atoms with Gasteiger partial charge in [-0.3, -0.25) is 4.99 Å². The first kappa shape index (κ1) is 23.5. The summed E-state index contributed by atoms with van der Waals surface area (Å²) in [7, 11) is 1.44. The third kappa shape index (κ3) is 5.43. The van der Waals surface area contributed by atoms with Crippen molar-refractivity contribution in [2.45, 2.75) is 64.7 Å². The van der Waals surface area contributed by atoms with E-state index in [1.165, 1.54) is 24.0 Å². The number of piperidine rings is 1. The topological polar surface area (TPSA) is 65.7 Å². The first-order valence-electron chi connectivity index (χ1n) is 10.4. The van der Waals surface area contributed by atoms with Gasteiger partial charge >= 0.3 is 6.18 Å². The molecule has 0 bridgehead atoms. The molecule has 9 heteroatoms. The minimum atomic E-state index is -4.84. The van der Waals surface area contributed by atoms with E-state index in [1.54, 1.807) is 0 Å². The highest BCUT2D eigenvalue weighted by atomic mass is 19.4. The molecule has 1 aliphatic heterocycles. The lowest BCUT2D eigenvalue weighted by molar-refractivity contribution is -0.272. The second-order valence-electron chi connectivity index (χ2n) is 8.29. The van der Waals surface area contributed by atoms with Gasteiger partial charge in [0.1, 0.15) is 5.82 Å². The summed E-state index contributed by atoms with van der Waals surface area (Å²) in [5, 5.41) is 13.7. The average Bonchev–Trinajstić information content (AvgIpc) is 3.06. The number of halogens is 3. The Kier molecular flexibility index (Phi) is 7.59. The summed E-state index contributed by atoms with van der Waals surface area (Å²) < 4.78 is 42.2. The van der Waals surface area contributed by atoms with Crippen molar-refractivity contribution >= 4 is 5.96 Å². The molecule has 2 N–H and O–H groups in total. The van der Waals surface area contributed by atoms with E-state index in [0.29, 0.717) is 12.5 Å². The maximum Gasteiger partial charge on any atom is 0.424 e. The van der Waals surface area contributed by atoms with Crippen LogP contribution in [0.25, 0.3) is 0 Å². The highest BCUT2D eigenvalue weighted by molar-refractivity contribution is 5.80. The molecule has 29 heavy (non-hydrogen) atoms. The number of hydrogen-bond acceptors (Lipinski definition) is 3. The lowest BCUT2D eigenvalue weighted by Gasteiger charge is -2.42. The molecule has 2 atom stereocenters. The Morgan fingerprint density at radius 1 is 1.38 bits per heavy atom. The number of nitrogens with one attached hydrogen (secondary N) is 1. The predicted octanol–water partition coefficient (Wildman–Crippen LogP) is 3.43. The van der Waals surface area contributed by atoms with Crippen molar-refractivity contribution in [3.63, 3.8) is 0 Å². The van der Waals surface area contributed by atoms with Crippen LogP contribution in [0.4, 0.5) is 13.2 Å². The summed E-state index contributed by atoms with van der Waals surface area (Å²) in [6.45, 7) is 8.48.